The maximum absolute atomic E-state index is 12.6. The average Bonchev–Trinajstić information content (AvgIpc) is 2.64. The van der Waals surface area contributed by atoms with Crippen molar-refractivity contribution in [3.8, 4) is 0 Å². The first kappa shape index (κ1) is 20.4. The number of para-hydroxylation sites is 1. The van der Waals surface area contributed by atoms with E-state index in [1.807, 2.05) is 0 Å². The number of hydrogen-bond donors (Lipinski definition) is 3. The number of hydrazine groups is 1. The summed E-state index contributed by atoms with van der Waals surface area (Å²) < 4.78 is 5.38. The molecule has 4 N–H and O–H groups in total. The molecular weight excluding hydrogens is 346 g/mol. The van der Waals surface area contributed by atoms with E-state index in [0.29, 0.717) is 16.8 Å². The fourth-order valence-electron chi connectivity index (χ4n) is 2.26. The first-order valence-electron chi connectivity index (χ1n) is 8.58. The molecule has 0 radical (unpaired) electrons. The standard InChI is InChI=1S/C20H25N3O4/c1-20(2,3)27-19(26)23(16-7-5-4-6-8-16)22-18(25)15-11-9-14(10-12-15)17(24)13-21/h4-12,17,24H,13,21H2,1-3H3,(H,22,25). The van der Waals surface area contributed by atoms with Crippen LogP contribution >= 0.6 is 0 Å². The van der Waals surface area contributed by atoms with E-state index >= 15 is 0 Å². The Morgan fingerprint density at radius 3 is 2.22 bits per heavy atom. The van der Waals surface area contributed by atoms with Crippen LogP contribution in [-0.2, 0) is 4.74 Å². The summed E-state index contributed by atoms with van der Waals surface area (Å²) in [6.45, 7) is 5.33. The summed E-state index contributed by atoms with van der Waals surface area (Å²) in [5, 5.41) is 10.8. The van der Waals surface area contributed by atoms with Crippen molar-refractivity contribution in [1.82, 2.24) is 5.43 Å². The second kappa shape index (κ2) is 8.66. The topological polar surface area (TPSA) is 105 Å². The normalized spacial score (nSPS) is 12.2. The predicted octanol–water partition coefficient (Wildman–Crippen LogP) is 2.77. The first-order chi connectivity index (χ1) is 12.7. The van der Waals surface area contributed by atoms with Crippen LogP contribution < -0.4 is 16.2 Å². The maximum atomic E-state index is 12.6. The number of aliphatic hydroxyl groups excluding tert-OH is 1. The second-order valence-corrected chi connectivity index (χ2v) is 6.97. The number of aliphatic hydroxyl groups is 1. The molecule has 0 aliphatic rings. The van der Waals surface area contributed by atoms with Gasteiger partial charge in [-0.15, -0.1) is 0 Å². The Kier molecular flexibility index (Phi) is 6.55. The van der Waals surface area contributed by atoms with Crippen molar-refractivity contribution in [2.75, 3.05) is 11.6 Å². The third-order valence-corrected chi connectivity index (χ3v) is 3.58. The van der Waals surface area contributed by atoms with Crippen LogP contribution in [0.4, 0.5) is 10.5 Å². The zero-order valence-corrected chi connectivity index (χ0v) is 15.7. The van der Waals surface area contributed by atoms with E-state index in [2.05, 4.69) is 5.43 Å². The number of anilines is 1. The van der Waals surface area contributed by atoms with Gasteiger partial charge in [0, 0.05) is 12.1 Å². The molecule has 27 heavy (non-hydrogen) atoms. The summed E-state index contributed by atoms with van der Waals surface area (Å²) in [5.41, 5.74) is 8.69. The zero-order chi connectivity index (χ0) is 20.0. The van der Waals surface area contributed by atoms with E-state index in [0.717, 1.165) is 5.01 Å². The molecule has 0 aromatic heterocycles. The first-order valence-corrected chi connectivity index (χ1v) is 8.58. The van der Waals surface area contributed by atoms with Crippen LogP contribution in [0.5, 0.6) is 0 Å². The van der Waals surface area contributed by atoms with Crippen molar-refractivity contribution < 1.29 is 19.4 Å². The van der Waals surface area contributed by atoms with E-state index in [1.165, 1.54) is 0 Å². The molecule has 0 spiro atoms. The maximum Gasteiger partial charge on any atom is 0.434 e. The summed E-state index contributed by atoms with van der Waals surface area (Å²) in [4.78, 5) is 25.2. The van der Waals surface area contributed by atoms with Gasteiger partial charge in [0.15, 0.2) is 0 Å². The van der Waals surface area contributed by atoms with Crippen molar-refractivity contribution in [3.63, 3.8) is 0 Å². The van der Waals surface area contributed by atoms with E-state index in [1.54, 1.807) is 75.4 Å². The number of ether oxygens (including phenoxy) is 1. The quantitative estimate of drug-likeness (QED) is 0.717. The number of rotatable bonds is 4. The molecule has 2 aromatic carbocycles. The Hall–Kier alpha value is -2.90. The lowest BCUT2D eigenvalue weighted by Crippen LogP contribution is -2.48. The van der Waals surface area contributed by atoms with Gasteiger partial charge in [-0.1, -0.05) is 30.3 Å². The molecule has 144 valence electrons. The fourth-order valence-corrected chi connectivity index (χ4v) is 2.26. The van der Waals surface area contributed by atoms with Crippen molar-refractivity contribution in [2.24, 2.45) is 5.73 Å². The fraction of sp³-hybridized carbons (Fsp3) is 0.300. The predicted molar refractivity (Wildman–Crippen MR) is 103 cm³/mol. The van der Waals surface area contributed by atoms with E-state index in [-0.39, 0.29) is 6.54 Å². The number of benzene rings is 2. The molecule has 2 rings (SSSR count). The summed E-state index contributed by atoms with van der Waals surface area (Å²) in [6.07, 6.45) is -1.48. The van der Waals surface area contributed by atoms with Crippen LogP contribution in [-0.4, -0.2) is 29.3 Å². The van der Waals surface area contributed by atoms with Gasteiger partial charge in [0.1, 0.15) is 5.60 Å². The number of nitrogens with two attached hydrogens (primary N) is 1. The minimum Gasteiger partial charge on any atom is -0.442 e. The van der Waals surface area contributed by atoms with Gasteiger partial charge in [-0.25, -0.2) is 4.79 Å². The van der Waals surface area contributed by atoms with Gasteiger partial charge in [0.25, 0.3) is 5.91 Å². The highest BCUT2D eigenvalue weighted by molar-refractivity contribution is 5.99. The highest BCUT2D eigenvalue weighted by Gasteiger charge is 2.25. The molecule has 2 amide bonds. The Morgan fingerprint density at radius 2 is 1.70 bits per heavy atom. The second-order valence-electron chi connectivity index (χ2n) is 6.97. The minimum atomic E-state index is -0.787. The number of nitrogens with one attached hydrogen (secondary N) is 1. The number of carbonyl (C=O) groups is 2. The van der Waals surface area contributed by atoms with Gasteiger partial charge in [-0.2, -0.15) is 5.01 Å². The molecule has 0 heterocycles. The molecule has 7 heteroatoms. The lowest BCUT2D eigenvalue weighted by molar-refractivity contribution is 0.0548. The molecule has 2 aromatic rings. The van der Waals surface area contributed by atoms with Crippen LogP contribution in [0.25, 0.3) is 0 Å². The number of carbonyl (C=O) groups excluding carboxylic acids is 2. The smallest absolute Gasteiger partial charge is 0.434 e. The molecule has 0 fully saturated rings. The lowest BCUT2D eigenvalue weighted by Gasteiger charge is -2.27. The van der Waals surface area contributed by atoms with Crippen molar-refractivity contribution in [3.05, 3.63) is 65.7 Å². The van der Waals surface area contributed by atoms with Crippen LogP contribution in [0.15, 0.2) is 54.6 Å². The van der Waals surface area contributed by atoms with Crippen molar-refractivity contribution in [2.45, 2.75) is 32.5 Å². The SMILES string of the molecule is CC(C)(C)OC(=O)N(NC(=O)c1ccc(C(O)CN)cc1)c1ccccc1. The molecule has 0 bridgehead atoms. The largest absolute Gasteiger partial charge is 0.442 e. The molecule has 0 saturated carbocycles. The van der Waals surface area contributed by atoms with E-state index < -0.39 is 23.7 Å². The Bertz CT molecular complexity index is 770. The van der Waals surface area contributed by atoms with E-state index in [4.69, 9.17) is 10.5 Å². The third-order valence-electron chi connectivity index (χ3n) is 3.58. The molecule has 0 aliphatic heterocycles. The van der Waals surface area contributed by atoms with Crippen LogP contribution in [0.1, 0.15) is 42.8 Å². The van der Waals surface area contributed by atoms with Gasteiger partial charge in [-0.3, -0.25) is 10.2 Å². The molecular formula is C20H25N3O4. The van der Waals surface area contributed by atoms with Gasteiger partial charge in [-0.05, 0) is 50.6 Å². The van der Waals surface area contributed by atoms with Crippen molar-refractivity contribution >= 4 is 17.7 Å². The summed E-state index contributed by atoms with van der Waals surface area (Å²) in [6, 6.07) is 15.0. The lowest BCUT2D eigenvalue weighted by atomic mass is 10.1. The highest BCUT2D eigenvalue weighted by atomic mass is 16.6. The Labute approximate surface area is 158 Å². The molecule has 1 unspecified atom stereocenters. The van der Waals surface area contributed by atoms with Gasteiger partial charge >= 0.3 is 6.09 Å². The van der Waals surface area contributed by atoms with E-state index in [9.17, 15) is 14.7 Å². The van der Waals surface area contributed by atoms with Gasteiger partial charge in [0.05, 0.1) is 11.8 Å². The molecule has 0 saturated heterocycles. The van der Waals surface area contributed by atoms with Crippen LogP contribution in [0.2, 0.25) is 0 Å². The Morgan fingerprint density at radius 1 is 1.11 bits per heavy atom. The van der Waals surface area contributed by atoms with Gasteiger partial charge < -0.3 is 15.6 Å². The zero-order valence-electron chi connectivity index (χ0n) is 15.7. The molecule has 0 aliphatic carbocycles. The minimum absolute atomic E-state index is 0.0893. The number of hydrogen-bond acceptors (Lipinski definition) is 5. The van der Waals surface area contributed by atoms with Crippen LogP contribution in [0, 0.1) is 0 Å². The summed E-state index contributed by atoms with van der Waals surface area (Å²) >= 11 is 0. The highest BCUT2D eigenvalue weighted by Crippen LogP contribution is 2.17. The van der Waals surface area contributed by atoms with Crippen LogP contribution in [0.3, 0.4) is 0 Å². The monoisotopic (exact) mass is 371 g/mol. The summed E-state index contributed by atoms with van der Waals surface area (Å²) in [5.74, 6) is -0.487. The molecule has 1 atom stereocenters. The number of nitrogens with zero attached hydrogens (tertiary/aromatic N) is 1. The Balaban J connectivity index is 2.21. The summed E-state index contributed by atoms with van der Waals surface area (Å²) in [7, 11) is 0. The number of amides is 2. The third kappa shape index (κ3) is 5.80. The van der Waals surface area contributed by atoms with Crippen molar-refractivity contribution in [1.29, 1.82) is 0 Å². The van der Waals surface area contributed by atoms with Gasteiger partial charge in [0.2, 0.25) is 0 Å². The average molecular weight is 371 g/mol. The molecule has 7 nitrogen and oxygen atoms in total.